The van der Waals surface area contributed by atoms with Crippen LogP contribution in [0.2, 0.25) is 0 Å². The van der Waals surface area contributed by atoms with Gasteiger partial charge in [0.15, 0.2) is 5.52 Å². The van der Waals surface area contributed by atoms with Crippen molar-refractivity contribution in [3.8, 4) is 10.6 Å². The van der Waals surface area contributed by atoms with Gasteiger partial charge in [-0.2, -0.15) is 5.10 Å². The van der Waals surface area contributed by atoms with Crippen molar-refractivity contribution in [2.45, 2.75) is 20.1 Å². The van der Waals surface area contributed by atoms with Gasteiger partial charge in [0.1, 0.15) is 18.8 Å². The number of esters is 1. The first-order valence-corrected chi connectivity index (χ1v) is 9.93. The molecule has 0 bridgehead atoms. The average molecular weight is 397 g/mol. The predicted molar refractivity (Wildman–Crippen MR) is 106 cm³/mol. The van der Waals surface area contributed by atoms with Crippen molar-refractivity contribution in [3.63, 3.8) is 0 Å². The Bertz CT molecular complexity index is 1150. The van der Waals surface area contributed by atoms with E-state index in [0.717, 1.165) is 24.8 Å². The van der Waals surface area contributed by atoms with Crippen LogP contribution < -0.4 is 5.56 Å². The van der Waals surface area contributed by atoms with E-state index in [4.69, 9.17) is 4.74 Å². The van der Waals surface area contributed by atoms with E-state index in [-0.39, 0.29) is 18.7 Å². The molecule has 6 nitrogen and oxygen atoms in total. The maximum atomic E-state index is 12.7. The molecular weight excluding hydrogens is 382 g/mol. The molecule has 0 aliphatic carbocycles. The summed E-state index contributed by atoms with van der Waals surface area (Å²) in [6.45, 7) is 1.75. The van der Waals surface area contributed by atoms with Gasteiger partial charge in [-0.25, -0.2) is 9.67 Å². The highest BCUT2D eigenvalue weighted by molar-refractivity contribution is 7.20. The van der Waals surface area contributed by atoms with Crippen LogP contribution in [0.4, 0.5) is 0 Å². The van der Waals surface area contributed by atoms with Crippen molar-refractivity contribution in [1.29, 1.82) is 0 Å². The molecule has 0 atom stereocenters. The molecule has 0 aliphatic heterocycles. The number of hydrogen-bond acceptors (Lipinski definition) is 7. The molecule has 0 unspecified atom stereocenters. The molecule has 0 fully saturated rings. The second-order valence-electron chi connectivity index (χ2n) is 5.85. The van der Waals surface area contributed by atoms with Gasteiger partial charge in [-0.1, -0.05) is 36.4 Å². The Morgan fingerprint density at radius 2 is 2.00 bits per heavy atom. The minimum Gasteiger partial charge on any atom is -0.459 e. The summed E-state index contributed by atoms with van der Waals surface area (Å²) in [6, 6.07) is 13.2. The number of aryl methyl sites for hydroxylation is 1. The monoisotopic (exact) mass is 397 g/mol. The number of benzene rings is 1. The standard InChI is InChI=1S/C19H15N3O3S2/c1-12-20-17-18(27-12)16(14-8-5-9-26-14)21-22(19(17)24)10-15(23)25-11-13-6-3-2-4-7-13/h2-9H,10-11H2,1H3. The molecule has 3 heterocycles. The van der Waals surface area contributed by atoms with E-state index in [2.05, 4.69) is 10.1 Å². The number of nitrogens with zero attached hydrogens (tertiary/aromatic N) is 3. The number of carbonyl (C=O) groups is 1. The molecule has 27 heavy (non-hydrogen) atoms. The third-order valence-electron chi connectivity index (χ3n) is 3.88. The summed E-state index contributed by atoms with van der Waals surface area (Å²) in [4.78, 5) is 30.2. The Hall–Kier alpha value is -2.84. The number of hydrogen-bond donors (Lipinski definition) is 0. The Morgan fingerprint density at radius 1 is 1.19 bits per heavy atom. The highest BCUT2D eigenvalue weighted by Crippen LogP contribution is 2.31. The van der Waals surface area contributed by atoms with Crippen LogP contribution in [0.5, 0.6) is 0 Å². The van der Waals surface area contributed by atoms with Gasteiger partial charge in [-0.15, -0.1) is 22.7 Å². The number of rotatable bonds is 5. The van der Waals surface area contributed by atoms with Crippen LogP contribution in [0.25, 0.3) is 20.8 Å². The summed E-state index contributed by atoms with van der Waals surface area (Å²) in [5.74, 6) is -0.517. The number of fused-ring (bicyclic) bond motifs is 1. The summed E-state index contributed by atoms with van der Waals surface area (Å²) in [5.41, 5.74) is 1.51. The van der Waals surface area contributed by atoms with E-state index in [1.807, 2.05) is 54.8 Å². The molecular formula is C19H15N3O3S2. The lowest BCUT2D eigenvalue weighted by Gasteiger charge is -2.08. The summed E-state index contributed by atoms with van der Waals surface area (Å²) in [6.07, 6.45) is 0. The Balaban J connectivity index is 1.64. The Kier molecular flexibility index (Phi) is 4.83. The lowest BCUT2D eigenvalue weighted by molar-refractivity contribution is -0.146. The first kappa shape index (κ1) is 17.6. The van der Waals surface area contributed by atoms with E-state index < -0.39 is 5.97 Å². The summed E-state index contributed by atoms with van der Waals surface area (Å²) in [5, 5.41) is 7.16. The van der Waals surface area contributed by atoms with Crippen molar-refractivity contribution in [2.24, 2.45) is 0 Å². The molecule has 0 aliphatic rings. The molecule has 1 aromatic carbocycles. The van der Waals surface area contributed by atoms with Gasteiger partial charge in [0, 0.05) is 0 Å². The van der Waals surface area contributed by atoms with E-state index in [1.165, 1.54) is 22.7 Å². The number of thiazole rings is 1. The number of thiophene rings is 1. The fourth-order valence-corrected chi connectivity index (χ4v) is 4.34. The van der Waals surface area contributed by atoms with Gasteiger partial charge in [-0.05, 0) is 23.9 Å². The minimum absolute atomic E-state index is 0.157. The zero-order chi connectivity index (χ0) is 18.8. The average Bonchev–Trinajstić information content (AvgIpc) is 3.33. The second-order valence-corrected chi connectivity index (χ2v) is 8.00. The quantitative estimate of drug-likeness (QED) is 0.481. The maximum absolute atomic E-state index is 12.7. The molecule has 0 spiro atoms. The second kappa shape index (κ2) is 7.42. The SMILES string of the molecule is Cc1nc2c(=O)n(CC(=O)OCc3ccccc3)nc(-c3cccs3)c2s1. The zero-order valence-corrected chi connectivity index (χ0v) is 16.0. The Morgan fingerprint density at radius 3 is 2.74 bits per heavy atom. The van der Waals surface area contributed by atoms with Crippen LogP contribution in [-0.4, -0.2) is 20.7 Å². The van der Waals surface area contributed by atoms with Crippen LogP contribution >= 0.6 is 22.7 Å². The van der Waals surface area contributed by atoms with Gasteiger partial charge in [0.05, 0.1) is 14.6 Å². The number of carbonyl (C=O) groups excluding carboxylic acids is 1. The van der Waals surface area contributed by atoms with E-state index >= 15 is 0 Å². The van der Waals surface area contributed by atoms with Crippen LogP contribution in [0.1, 0.15) is 10.6 Å². The van der Waals surface area contributed by atoms with E-state index in [0.29, 0.717) is 11.2 Å². The van der Waals surface area contributed by atoms with Crippen LogP contribution in [0.3, 0.4) is 0 Å². The fraction of sp³-hybridized carbons (Fsp3) is 0.158. The smallest absolute Gasteiger partial charge is 0.328 e. The first-order valence-electron chi connectivity index (χ1n) is 8.23. The molecule has 8 heteroatoms. The molecule has 0 saturated carbocycles. The molecule has 4 rings (SSSR count). The summed E-state index contributed by atoms with van der Waals surface area (Å²) >= 11 is 2.96. The first-order chi connectivity index (χ1) is 13.1. The van der Waals surface area contributed by atoms with E-state index in [9.17, 15) is 9.59 Å². The minimum atomic E-state index is -0.517. The van der Waals surface area contributed by atoms with Crippen molar-refractivity contribution < 1.29 is 9.53 Å². The maximum Gasteiger partial charge on any atom is 0.328 e. The highest BCUT2D eigenvalue weighted by atomic mass is 32.1. The van der Waals surface area contributed by atoms with Gasteiger partial charge < -0.3 is 4.74 Å². The van der Waals surface area contributed by atoms with Crippen molar-refractivity contribution in [2.75, 3.05) is 0 Å². The fourth-order valence-electron chi connectivity index (χ4n) is 2.65. The highest BCUT2D eigenvalue weighted by Gasteiger charge is 2.18. The molecule has 0 N–H and O–H groups in total. The van der Waals surface area contributed by atoms with Crippen molar-refractivity contribution >= 4 is 38.9 Å². The van der Waals surface area contributed by atoms with Crippen molar-refractivity contribution in [3.05, 3.63) is 68.8 Å². The summed E-state index contributed by atoms with van der Waals surface area (Å²) in [7, 11) is 0. The molecule has 4 aromatic rings. The lowest BCUT2D eigenvalue weighted by Crippen LogP contribution is -2.28. The molecule has 3 aromatic heterocycles. The van der Waals surface area contributed by atoms with Gasteiger partial charge in [0.2, 0.25) is 0 Å². The molecule has 0 saturated heterocycles. The van der Waals surface area contributed by atoms with Gasteiger partial charge in [-0.3, -0.25) is 9.59 Å². The van der Waals surface area contributed by atoms with Crippen LogP contribution in [0.15, 0.2) is 52.6 Å². The number of ether oxygens (including phenoxy) is 1. The van der Waals surface area contributed by atoms with E-state index in [1.54, 1.807) is 0 Å². The third-order valence-corrected chi connectivity index (χ3v) is 5.74. The lowest BCUT2D eigenvalue weighted by atomic mass is 10.2. The normalized spacial score (nSPS) is 11.0. The topological polar surface area (TPSA) is 74.1 Å². The zero-order valence-electron chi connectivity index (χ0n) is 14.4. The van der Waals surface area contributed by atoms with Gasteiger partial charge in [0.25, 0.3) is 5.56 Å². The molecule has 0 radical (unpaired) electrons. The van der Waals surface area contributed by atoms with Gasteiger partial charge >= 0.3 is 5.97 Å². The third kappa shape index (κ3) is 3.67. The number of aromatic nitrogens is 3. The van der Waals surface area contributed by atoms with Crippen LogP contribution in [0, 0.1) is 6.92 Å². The largest absolute Gasteiger partial charge is 0.459 e. The summed E-state index contributed by atoms with van der Waals surface area (Å²) < 4.78 is 7.17. The van der Waals surface area contributed by atoms with Crippen molar-refractivity contribution in [1.82, 2.24) is 14.8 Å². The molecule has 0 amide bonds. The predicted octanol–water partition coefficient (Wildman–Crippen LogP) is 3.63. The Labute approximate surface area is 162 Å². The molecule has 136 valence electrons. The van der Waals surface area contributed by atoms with Crippen LogP contribution in [-0.2, 0) is 22.7 Å².